The van der Waals surface area contributed by atoms with Gasteiger partial charge in [-0.25, -0.2) is 0 Å². The second-order valence-electron chi connectivity index (χ2n) is 6.55. The molecule has 0 bridgehead atoms. The van der Waals surface area contributed by atoms with Crippen molar-refractivity contribution in [1.29, 1.82) is 0 Å². The monoisotopic (exact) mass is 354 g/mol. The first kappa shape index (κ1) is 16.9. The maximum atomic E-state index is 5.96. The Bertz CT molecular complexity index is 822. The highest BCUT2D eigenvalue weighted by Crippen LogP contribution is 2.19. The Hall–Kier alpha value is -2.51. The first-order valence-electron chi connectivity index (χ1n) is 8.88. The molecule has 0 spiro atoms. The zero-order valence-corrected chi connectivity index (χ0v) is 14.8. The molecule has 0 atom stereocenters. The second-order valence-corrected chi connectivity index (χ2v) is 6.55. The smallest absolute Gasteiger partial charge is 0.252 e. The van der Waals surface area contributed by atoms with Gasteiger partial charge < -0.3 is 13.7 Å². The quantitative estimate of drug-likeness (QED) is 0.672. The molecule has 3 aromatic rings. The van der Waals surface area contributed by atoms with E-state index >= 15 is 0 Å². The van der Waals surface area contributed by atoms with Crippen LogP contribution in [-0.2, 0) is 17.9 Å². The molecule has 7 heteroatoms. The number of rotatable bonds is 6. The first-order chi connectivity index (χ1) is 12.8. The van der Waals surface area contributed by atoms with Crippen LogP contribution in [0.2, 0.25) is 0 Å². The zero-order chi connectivity index (χ0) is 17.8. The van der Waals surface area contributed by atoms with Crippen LogP contribution >= 0.6 is 0 Å². The Morgan fingerprint density at radius 3 is 2.85 bits per heavy atom. The van der Waals surface area contributed by atoms with E-state index in [4.69, 9.17) is 13.7 Å². The molecule has 0 aliphatic carbocycles. The summed E-state index contributed by atoms with van der Waals surface area (Å²) in [5.74, 6) is 3.02. The minimum absolute atomic E-state index is 0.221. The van der Waals surface area contributed by atoms with Gasteiger partial charge in [-0.2, -0.15) is 4.98 Å². The normalized spacial score (nSPS) is 16.2. The highest BCUT2D eigenvalue weighted by Gasteiger charge is 2.21. The van der Waals surface area contributed by atoms with Crippen LogP contribution < -0.4 is 0 Å². The van der Waals surface area contributed by atoms with E-state index in [9.17, 15) is 0 Å². The number of furan rings is 1. The zero-order valence-electron chi connectivity index (χ0n) is 14.8. The summed E-state index contributed by atoms with van der Waals surface area (Å²) >= 11 is 0. The number of aromatic nitrogens is 3. The molecule has 0 radical (unpaired) electrons. The average Bonchev–Trinajstić information content (AvgIpc) is 3.31. The maximum Gasteiger partial charge on any atom is 0.252 e. The van der Waals surface area contributed by atoms with Crippen LogP contribution in [0.25, 0.3) is 11.4 Å². The average molecular weight is 354 g/mol. The summed E-state index contributed by atoms with van der Waals surface area (Å²) in [7, 11) is 0. The van der Waals surface area contributed by atoms with Gasteiger partial charge in [-0.15, -0.1) is 0 Å². The third-order valence-corrected chi connectivity index (χ3v) is 4.54. The van der Waals surface area contributed by atoms with Crippen molar-refractivity contribution < 1.29 is 13.7 Å². The Balaban J connectivity index is 1.23. The molecule has 0 aromatic carbocycles. The van der Waals surface area contributed by atoms with Crippen LogP contribution in [0.4, 0.5) is 0 Å². The van der Waals surface area contributed by atoms with E-state index in [-0.39, 0.29) is 6.10 Å². The molecule has 1 saturated heterocycles. The number of ether oxygens (including phenoxy) is 1. The lowest BCUT2D eigenvalue weighted by Gasteiger charge is -2.30. The highest BCUT2D eigenvalue weighted by molar-refractivity contribution is 5.51. The van der Waals surface area contributed by atoms with Crippen molar-refractivity contribution in [3.8, 4) is 11.4 Å². The minimum Gasteiger partial charge on any atom is -0.465 e. The molecule has 26 heavy (non-hydrogen) atoms. The molecule has 0 N–H and O–H groups in total. The maximum absolute atomic E-state index is 5.96. The van der Waals surface area contributed by atoms with Gasteiger partial charge in [0.25, 0.3) is 5.89 Å². The largest absolute Gasteiger partial charge is 0.465 e. The van der Waals surface area contributed by atoms with E-state index in [1.165, 1.54) is 0 Å². The van der Waals surface area contributed by atoms with E-state index in [0.29, 0.717) is 18.3 Å². The van der Waals surface area contributed by atoms with Crippen LogP contribution in [0.3, 0.4) is 0 Å². The van der Waals surface area contributed by atoms with E-state index in [2.05, 4.69) is 20.0 Å². The number of likely N-dealkylation sites (tertiary alicyclic amines) is 1. The summed E-state index contributed by atoms with van der Waals surface area (Å²) < 4.78 is 16.9. The molecular formula is C19H22N4O3. The van der Waals surface area contributed by atoms with E-state index < -0.39 is 0 Å². The fourth-order valence-electron chi connectivity index (χ4n) is 3.14. The van der Waals surface area contributed by atoms with Gasteiger partial charge in [0, 0.05) is 31.0 Å². The van der Waals surface area contributed by atoms with Gasteiger partial charge in [-0.1, -0.05) is 5.16 Å². The van der Waals surface area contributed by atoms with Crippen LogP contribution in [-0.4, -0.2) is 39.2 Å². The number of pyridine rings is 1. The van der Waals surface area contributed by atoms with Crippen molar-refractivity contribution in [3.63, 3.8) is 0 Å². The van der Waals surface area contributed by atoms with Crippen molar-refractivity contribution in [3.05, 3.63) is 54.1 Å². The highest BCUT2D eigenvalue weighted by atomic mass is 16.5. The standard InChI is InChI=1S/C19H22N4O3/c1-14-4-5-17(25-14)12-23-9-6-16(7-10-23)24-13-18-21-19(22-26-18)15-3-2-8-20-11-15/h2-5,8,11,16H,6-7,9-10,12-13H2,1H3. The van der Waals surface area contributed by atoms with Crippen molar-refractivity contribution in [2.24, 2.45) is 0 Å². The van der Waals surface area contributed by atoms with E-state index in [0.717, 1.165) is 49.6 Å². The number of piperidine rings is 1. The topological polar surface area (TPSA) is 77.4 Å². The Kier molecular flexibility index (Phi) is 5.08. The van der Waals surface area contributed by atoms with Gasteiger partial charge in [-0.3, -0.25) is 9.88 Å². The number of aryl methyl sites for hydroxylation is 1. The number of hydrogen-bond donors (Lipinski definition) is 0. The number of nitrogens with zero attached hydrogens (tertiary/aromatic N) is 4. The predicted molar refractivity (Wildman–Crippen MR) is 94.1 cm³/mol. The SMILES string of the molecule is Cc1ccc(CN2CCC(OCc3nc(-c4cccnc4)no3)CC2)o1. The molecule has 0 unspecified atom stereocenters. The van der Waals surface area contributed by atoms with Gasteiger partial charge in [0.1, 0.15) is 18.1 Å². The molecule has 0 saturated carbocycles. The van der Waals surface area contributed by atoms with Gasteiger partial charge in [-0.05, 0) is 44.0 Å². The second kappa shape index (κ2) is 7.80. The lowest BCUT2D eigenvalue weighted by Crippen LogP contribution is -2.36. The molecule has 4 rings (SSSR count). The summed E-state index contributed by atoms with van der Waals surface area (Å²) in [5, 5.41) is 3.99. The fraction of sp³-hybridized carbons (Fsp3) is 0.421. The summed E-state index contributed by atoms with van der Waals surface area (Å²) in [6.45, 7) is 5.17. The van der Waals surface area contributed by atoms with Crippen LogP contribution in [0.5, 0.6) is 0 Å². The molecule has 136 valence electrons. The molecule has 3 aromatic heterocycles. The van der Waals surface area contributed by atoms with Crippen molar-refractivity contribution in [2.75, 3.05) is 13.1 Å². The fourth-order valence-corrected chi connectivity index (χ4v) is 3.14. The summed E-state index contributed by atoms with van der Waals surface area (Å²) in [6, 6.07) is 7.81. The molecule has 0 amide bonds. The van der Waals surface area contributed by atoms with Crippen LogP contribution in [0, 0.1) is 6.92 Å². The molecule has 1 fully saturated rings. The van der Waals surface area contributed by atoms with Crippen molar-refractivity contribution in [2.45, 2.75) is 39.0 Å². The van der Waals surface area contributed by atoms with E-state index in [1.807, 2.05) is 31.2 Å². The first-order valence-corrected chi connectivity index (χ1v) is 8.88. The molecular weight excluding hydrogens is 332 g/mol. The van der Waals surface area contributed by atoms with Crippen molar-refractivity contribution in [1.82, 2.24) is 20.0 Å². The summed E-state index contributed by atoms with van der Waals surface area (Å²) in [4.78, 5) is 10.8. The minimum atomic E-state index is 0.221. The van der Waals surface area contributed by atoms with Crippen LogP contribution in [0.1, 0.15) is 30.3 Å². The van der Waals surface area contributed by atoms with Crippen LogP contribution in [0.15, 0.2) is 45.6 Å². The number of hydrogen-bond acceptors (Lipinski definition) is 7. The predicted octanol–water partition coefficient (Wildman–Crippen LogP) is 3.21. The molecule has 4 heterocycles. The molecule has 7 nitrogen and oxygen atoms in total. The van der Waals surface area contributed by atoms with Gasteiger partial charge in [0.05, 0.1) is 12.6 Å². The Morgan fingerprint density at radius 2 is 2.12 bits per heavy atom. The van der Waals surface area contributed by atoms with Gasteiger partial charge >= 0.3 is 0 Å². The Morgan fingerprint density at radius 1 is 1.23 bits per heavy atom. The van der Waals surface area contributed by atoms with Gasteiger partial charge in [0.2, 0.25) is 5.82 Å². The third-order valence-electron chi connectivity index (χ3n) is 4.54. The summed E-state index contributed by atoms with van der Waals surface area (Å²) in [5.41, 5.74) is 0.837. The third kappa shape index (κ3) is 4.17. The van der Waals surface area contributed by atoms with Crippen molar-refractivity contribution >= 4 is 0 Å². The van der Waals surface area contributed by atoms with E-state index in [1.54, 1.807) is 12.4 Å². The lowest BCUT2D eigenvalue weighted by atomic mass is 10.1. The van der Waals surface area contributed by atoms with Gasteiger partial charge in [0.15, 0.2) is 0 Å². The lowest BCUT2D eigenvalue weighted by molar-refractivity contribution is -0.0146. The summed E-state index contributed by atoms with van der Waals surface area (Å²) in [6.07, 6.45) is 5.63. The Labute approximate surface area is 152 Å². The molecule has 1 aliphatic rings. The molecule has 1 aliphatic heterocycles.